The van der Waals surface area contributed by atoms with Crippen LogP contribution in [0.2, 0.25) is 5.02 Å². The first kappa shape index (κ1) is 14.0. The number of rotatable bonds is 7. The molecule has 0 saturated carbocycles. The molecule has 94 valence electrons. The SMILES string of the molecule is CC(NCCCCC(N)=O)c1ccc(Cl)cc1. The molecule has 0 aliphatic heterocycles. The van der Waals surface area contributed by atoms with Gasteiger partial charge in [-0.15, -0.1) is 0 Å². The summed E-state index contributed by atoms with van der Waals surface area (Å²) in [4.78, 5) is 10.5. The lowest BCUT2D eigenvalue weighted by Gasteiger charge is -2.14. The highest BCUT2D eigenvalue weighted by molar-refractivity contribution is 6.30. The fourth-order valence-electron chi connectivity index (χ4n) is 1.61. The average Bonchev–Trinajstić information content (AvgIpc) is 2.29. The first-order valence-electron chi connectivity index (χ1n) is 5.86. The maximum absolute atomic E-state index is 10.5. The molecule has 0 heterocycles. The Morgan fingerprint density at radius 2 is 2.00 bits per heavy atom. The van der Waals surface area contributed by atoms with Crippen molar-refractivity contribution in [3.8, 4) is 0 Å². The quantitative estimate of drug-likeness (QED) is 0.735. The van der Waals surface area contributed by atoms with Crippen LogP contribution in [0, 0.1) is 0 Å². The molecule has 1 amide bonds. The fourth-order valence-corrected chi connectivity index (χ4v) is 1.74. The number of carbonyl (C=O) groups is 1. The highest BCUT2D eigenvalue weighted by Crippen LogP contribution is 2.15. The Labute approximate surface area is 107 Å². The number of nitrogens with two attached hydrogens (primary N) is 1. The van der Waals surface area contributed by atoms with Gasteiger partial charge in [0, 0.05) is 17.5 Å². The van der Waals surface area contributed by atoms with Crippen LogP contribution in [0.3, 0.4) is 0 Å². The number of benzene rings is 1. The minimum atomic E-state index is -0.226. The van der Waals surface area contributed by atoms with E-state index >= 15 is 0 Å². The molecule has 0 saturated heterocycles. The van der Waals surface area contributed by atoms with Gasteiger partial charge < -0.3 is 11.1 Å². The summed E-state index contributed by atoms with van der Waals surface area (Å²) >= 11 is 5.83. The molecule has 3 nitrogen and oxygen atoms in total. The van der Waals surface area contributed by atoms with E-state index in [9.17, 15) is 4.79 Å². The van der Waals surface area contributed by atoms with Gasteiger partial charge in [-0.1, -0.05) is 23.7 Å². The summed E-state index contributed by atoms with van der Waals surface area (Å²) in [5.74, 6) is -0.226. The number of nitrogens with one attached hydrogen (secondary N) is 1. The molecule has 0 bridgehead atoms. The highest BCUT2D eigenvalue weighted by Gasteiger charge is 2.03. The Bertz CT molecular complexity index is 351. The number of amides is 1. The molecule has 0 aliphatic rings. The van der Waals surface area contributed by atoms with E-state index in [0.717, 1.165) is 24.4 Å². The molecule has 1 rings (SSSR count). The number of hydrogen-bond donors (Lipinski definition) is 2. The summed E-state index contributed by atoms with van der Waals surface area (Å²) in [5.41, 5.74) is 6.28. The highest BCUT2D eigenvalue weighted by atomic mass is 35.5. The standard InChI is InChI=1S/C13H19ClN2O/c1-10(11-5-7-12(14)8-6-11)16-9-3-2-4-13(15)17/h5-8,10,16H,2-4,9H2,1H3,(H2,15,17). The zero-order valence-corrected chi connectivity index (χ0v) is 10.8. The third-order valence-corrected chi connectivity index (χ3v) is 2.92. The van der Waals surface area contributed by atoms with E-state index in [-0.39, 0.29) is 5.91 Å². The molecule has 1 aromatic rings. The van der Waals surface area contributed by atoms with Crippen LogP contribution in [0.5, 0.6) is 0 Å². The van der Waals surface area contributed by atoms with Gasteiger partial charge in [-0.3, -0.25) is 4.79 Å². The molecule has 0 aliphatic carbocycles. The first-order valence-corrected chi connectivity index (χ1v) is 6.24. The Morgan fingerprint density at radius 3 is 2.59 bits per heavy atom. The summed E-state index contributed by atoms with van der Waals surface area (Å²) in [6.45, 7) is 2.99. The van der Waals surface area contributed by atoms with Crippen LogP contribution in [-0.4, -0.2) is 12.5 Å². The summed E-state index contributed by atoms with van der Waals surface area (Å²) in [7, 11) is 0. The zero-order chi connectivity index (χ0) is 12.7. The number of halogens is 1. The maximum atomic E-state index is 10.5. The van der Waals surface area contributed by atoms with Gasteiger partial charge in [0.25, 0.3) is 0 Å². The Morgan fingerprint density at radius 1 is 1.35 bits per heavy atom. The topological polar surface area (TPSA) is 55.1 Å². The normalized spacial score (nSPS) is 12.4. The van der Waals surface area contributed by atoms with Gasteiger partial charge in [-0.25, -0.2) is 0 Å². The number of carbonyl (C=O) groups excluding carboxylic acids is 1. The number of hydrogen-bond acceptors (Lipinski definition) is 2. The number of unbranched alkanes of at least 4 members (excludes halogenated alkanes) is 1. The number of primary amides is 1. The second kappa shape index (κ2) is 7.30. The maximum Gasteiger partial charge on any atom is 0.217 e. The van der Waals surface area contributed by atoms with E-state index < -0.39 is 0 Å². The van der Waals surface area contributed by atoms with Crippen molar-refractivity contribution in [1.29, 1.82) is 0 Å². The summed E-state index contributed by atoms with van der Waals surface area (Å²) in [5, 5.41) is 4.15. The Hall–Kier alpha value is -1.06. The van der Waals surface area contributed by atoms with Crippen LogP contribution in [0.4, 0.5) is 0 Å². The van der Waals surface area contributed by atoms with E-state index in [4.69, 9.17) is 17.3 Å². The van der Waals surface area contributed by atoms with E-state index in [1.807, 2.05) is 24.3 Å². The van der Waals surface area contributed by atoms with E-state index in [1.54, 1.807) is 0 Å². The van der Waals surface area contributed by atoms with Crippen LogP contribution in [0.15, 0.2) is 24.3 Å². The van der Waals surface area contributed by atoms with Crippen molar-refractivity contribution in [2.24, 2.45) is 5.73 Å². The van der Waals surface area contributed by atoms with Crippen LogP contribution in [-0.2, 0) is 4.79 Å². The summed E-state index contributed by atoms with van der Waals surface area (Å²) in [6, 6.07) is 8.11. The van der Waals surface area contributed by atoms with Crippen molar-refractivity contribution in [2.75, 3.05) is 6.54 Å². The monoisotopic (exact) mass is 254 g/mol. The smallest absolute Gasteiger partial charge is 0.217 e. The van der Waals surface area contributed by atoms with Crippen molar-refractivity contribution in [3.63, 3.8) is 0 Å². The predicted octanol–water partition coefficient (Wildman–Crippen LogP) is 2.65. The van der Waals surface area contributed by atoms with E-state index in [1.165, 1.54) is 5.56 Å². The first-order chi connectivity index (χ1) is 8.09. The Kier molecular flexibility index (Phi) is 6.01. The molecular formula is C13H19ClN2O. The molecule has 0 fully saturated rings. The molecule has 1 atom stereocenters. The lowest BCUT2D eigenvalue weighted by atomic mass is 10.1. The molecule has 1 unspecified atom stereocenters. The van der Waals surface area contributed by atoms with Gasteiger partial charge in [0.05, 0.1) is 0 Å². The predicted molar refractivity (Wildman–Crippen MR) is 70.9 cm³/mol. The van der Waals surface area contributed by atoms with Gasteiger partial charge in [0.1, 0.15) is 0 Å². The summed E-state index contributed by atoms with van der Waals surface area (Å²) < 4.78 is 0. The largest absolute Gasteiger partial charge is 0.370 e. The van der Waals surface area contributed by atoms with Gasteiger partial charge in [-0.05, 0) is 44.0 Å². The molecular weight excluding hydrogens is 236 g/mol. The lowest BCUT2D eigenvalue weighted by molar-refractivity contribution is -0.118. The van der Waals surface area contributed by atoms with Gasteiger partial charge in [0.15, 0.2) is 0 Å². The third kappa shape index (κ3) is 5.71. The average molecular weight is 255 g/mol. The van der Waals surface area contributed by atoms with Gasteiger partial charge >= 0.3 is 0 Å². The molecule has 0 spiro atoms. The van der Waals surface area contributed by atoms with Crippen molar-refractivity contribution in [2.45, 2.75) is 32.2 Å². The van der Waals surface area contributed by atoms with E-state index in [2.05, 4.69) is 12.2 Å². The minimum absolute atomic E-state index is 0.226. The molecule has 17 heavy (non-hydrogen) atoms. The molecule has 1 aromatic carbocycles. The van der Waals surface area contributed by atoms with E-state index in [0.29, 0.717) is 12.5 Å². The second-order valence-electron chi connectivity index (χ2n) is 4.15. The van der Waals surface area contributed by atoms with Crippen LogP contribution in [0.1, 0.15) is 37.8 Å². The van der Waals surface area contributed by atoms with Crippen LogP contribution in [0.25, 0.3) is 0 Å². The fraction of sp³-hybridized carbons (Fsp3) is 0.462. The minimum Gasteiger partial charge on any atom is -0.370 e. The van der Waals surface area contributed by atoms with Crippen molar-refractivity contribution < 1.29 is 4.79 Å². The van der Waals surface area contributed by atoms with Crippen LogP contribution < -0.4 is 11.1 Å². The molecule has 0 aromatic heterocycles. The molecule has 3 N–H and O–H groups in total. The van der Waals surface area contributed by atoms with Crippen LogP contribution >= 0.6 is 11.6 Å². The lowest BCUT2D eigenvalue weighted by Crippen LogP contribution is -2.20. The Balaban J connectivity index is 2.23. The van der Waals surface area contributed by atoms with Gasteiger partial charge in [-0.2, -0.15) is 0 Å². The second-order valence-corrected chi connectivity index (χ2v) is 4.59. The van der Waals surface area contributed by atoms with Crippen molar-refractivity contribution in [3.05, 3.63) is 34.9 Å². The van der Waals surface area contributed by atoms with Crippen molar-refractivity contribution >= 4 is 17.5 Å². The van der Waals surface area contributed by atoms with Gasteiger partial charge in [0.2, 0.25) is 5.91 Å². The van der Waals surface area contributed by atoms with Crippen molar-refractivity contribution in [1.82, 2.24) is 5.32 Å². The third-order valence-electron chi connectivity index (χ3n) is 2.67. The summed E-state index contributed by atoms with van der Waals surface area (Å²) in [6.07, 6.45) is 2.27. The molecule has 0 radical (unpaired) electrons. The molecule has 4 heteroatoms. The zero-order valence-electron chi connectivity index (χ0n) is 10.1.